The van der Waals surface area contributed by atoms with Gasteiger partial charge in [-0.1, -0.05) is 6.07 Å². The van der Waals surface area contributed by atoms with Crippen molar-refractivity contribution in [3.63, 3.8) is 0 Å². The number of benzene rings is 1. The number of aromatic nitrogens is 1. The van der Waals surface area contributed by atoms with Crippen molar-refractivity contribution in [3.8, 4) is 5.75 Å². The summed E-state index contributed by atoms with van der Waals surface area (Å²) in [7, 11) is 0. The first-order valence-corrected chi connectivity index (χ1v) is 10.1. The van der Waals surface area contributed by atoms with E-state index in [-0.39, 0.29) is 11.4 Å². The highest BCUT2D eigenvalue weighted by Gasteiger charge is 2.31. The van der Waals surface area contributed by atoms with Gasteiger partial charge in [0.05, 0.1) is 17.3 Å². The van der Waals surface area contributed by atoms with E-state index in [2.05, 4.69) is 15.2 Å². The summed E-state index contributed by atoms with van der Waals surface area (Å²) in [4.78, 5) is 19.9. The number of halogens is 3. The van der Waals surface area contributed by atoms with Gasteiger partial charge in [-0.3, -0.25) is 14.7 Å². The van der Waals surface area contributed by atoms with Gasteiger partial charge in [0.25, 0.3) is 5.91 Å². The topological polar surface area (TPSA) is 65.5 Å². The van der Waals surface area contributed by atoms with Gasteiger partial charge in [-0.25, -0.2) is 0 Å². The second kappa shape index (κ2) is 8.08. The van der Waals surface area contributed by atoms with Crippen molar-refractivity contribution in [1.82, 2.24) is 9.88 Å². The zero-order chi connectivity index (χ0) is 21.3. The van der Waals surface area contributed by atoms with E-state index in [9.17, 15) is 23.1 Å². The molecule has 3 aromatic rings. The first-order valence-electron chi connectivity index (χ1n) is 9.22. The largest absolute Gasteiger partial charge is 0.506 e. The van der Waals surface area contributed by atoms with Crippen molar-refractivity contribution >= 4 is 22.9 Å². The van der Waals surface area contributed by atoms with Gasteiger partial charge in [0.15, 0.2) is 0 Å². The molecule has 3 heterocycles. The van der Waals surface area contributed by atoms with E-state index in [1.165, 1.54) is 29.7 Å². The Morgan fingerprint density at radius 2 is 2.10 bits per heavy atom. The number of nitrogens with zero attached hydrogens (tertiary/aromatic N) is 2. The molecule has 2 N–H and O–H groups in total. The number of hydrogen-bond acceptors (Lipinski definition) is 5. The van der Waals surface area contributed by atoms with Crippen LogP contribution in [0.4, 0.5) is 18.9 Å². The minimum absolute atomic E-state index is 0.114. The molecule has 1 aliphatic rings. The lowest BCUT2D eigenvalue weighted by Crippen LogP contribution is -2.30. The molecule has 156 valence electrons. The third kappa shape index (κ3) is 4.47. The van der Waals surface area contributed by atoms with Gasteiger partial charge < -0.3 is 10.4 Å². The van der Waals surface area contributed by atoms with E-state index in [1.807, 2.05) is 0 Å². The van der Waals surface area contributed by atoms with Gasteiger partial charge in [-0.2, -0.15) is 13.2 Å². The van der Waals surface area contributed by atoms with Crippen LogP contribution in [-0.2, 0) is 25.7 Å². The normalized spacial score (nSPS) is 14.4. The second-order valence-electron chi connectivity index (χ2n) is 7.10. The summed E-state index contributed by atoms with van der Waals surface area (Å²) in [6.45, 7) is 2.01. The Morgan fingerprint density at radius 1 is 1.27 bits per heavy atom. The van der Waals surface area contributed by atoms with Crippen molar-refractivity contribution in [2.75, 3.05) is 11.9 Å². The molecule has 0 unspecified atom stereocenters. The Balaban J connectivity index is 1.45. The molecule has 9 heteroatoms. The zero-order valence-corrected chi connectivity index (χ0v) is 16.6. The van der Waals surface area contributed by atoms with Gasteiger partial charge in [0, 0.05) is 41.8 Å². The molecule has 30 heavy (non-hydrogen) atoms. The highest BCUT2D eigenvalue weighted by molar-refractivity contribution is 7.10. The number of hydrogen-bond donors (Lipinski definition) is 2. The monoisotopic (exact) mass is 433 g/mol. The molecule has 2 aromatic heterocycles. The lowest BCUT2D eigenvalue weighted by molar-refractivity contribution is -0.137. The first-order chi connectivity index (χ1) is 14.3. The number of aromatic hydroxyl groups is 1. The molecule has 0 saturated heterocycles. The maximum Gasteiger partial charge on any atom is 0.416 e. The third-order valence-corrected chi connectivity index (χ3v) is 5.92. The quantitative estimate of drug-likeness (QED) is 0.627. The van der Waals surface area contributed by atoms with Crippen LogP contribution in [0.25, 0.3) is 0 Å². The van der Waals surface area contributed by atoms with Gasteiger partial charge in [0.1, 0.15) is 5.75 Å². The minimum atomic E-state index is -4.46. The molecule has 0 saturated carbocycles. The first kappa shape index (κ1) is 20.4. The van der Waals surface area contributed by atoms with E-state index in [0.717, 1.165) is 34.7 Å². The molecule has 5 nitrogen and oxygen atoms in total. The number of anilines is 1. The van der Waals surface area contributed by atoms with E-state index in [4.69, 9.17) is 0 Å². The van der Waals surface area contributed by atoms with Crippen LogP contribution in [0.5, 0.6) is 5.75 Å². The lowest BCUT2D eigenvalue weighted by Gasteiger charge is -2.27. The Bertz CT molecular complexity index is 1080. The van der Waals surface area contributed by atoms with Crippen LogP contribution in [0, 0.1) is 0 Å². The molecule has 4 rings (SSSR count). The number of rotatable bonds is 4. The molecule has 1 aliphatic heterocycles. The summed E-state index contributed by atoms with van der Waals surface area (Å²) in [5, 5.41) is 13.9. The highest BCUT2D eigenvalue weighted by Crippen LogP contribution is 2.32. The van der Waals surface area contributed by atoms with Crippen molar-refractivity contribution in [2.24, 2.45) is 0 Å². The van der Waals surface area contributed by atoms with Crippen LogP contribution in [0.3, 0.4) is 0 Å². The number of amides is 1. The van der Waals surface area contributed by atoms with Crippen LogP contribution in [0.1, 0.15) is 31.9 Å². The fraction of sp³-hybridized carbons (Fsp3) is 0.238. The van der Waals surface area contributed by atoms with Crippen molar-refractivity contribution in [3.05, 3.63) is 75.2 Å². The number of pyridine rings is 1. The smallest absolute Gasteiger partial charge is 0.416 e. The number of carbonyl (C=O) groups excluding carboxylic acids is 1. The summed E-state index contributed by atoms with van der Waals surface area (Å²) in [5.41, 5.74) is 1.66. The molecule has 0 aliphatic carbocycles. The zero-order valence-electron chi connectivity index (χ0n) is 15.7. The molecular formula is C21H18F3N3O2S. The predicted octanol–water partition coefficient (Wildman–Crippen LogP) is 4.68. The number of alkyl halides is 3. The summed E-state index contributed by atoms with van der Waals surface area (Å²) in [5.74, 6) is -0.285. The molecule has 0 radical (unpaired) electrons. The van der Waals surface area contributed by atoms with E-state index in [0.29, 0.717) is 25.1 Å². The lowest BCUT2D eigenvalue weighted by atomic mass is 10.0. The fourth-order valence-corrected chi connectivity index (χ4v) is 4.62. The molecule has 0 spiro atoms. The molecule has 0 fully saturated rings. The van der Waals surface area contributed by atoms with E-state index < -0.39 is 17.6 Å². The number of thiophene rings is 1. The molecule has 1 aromatic carbocycles. The van der Waals surface area contributed by atoms with Crippen molar-refractivity contribution in [1.29, 1.82) is 0 Å². The van der Waals surface area contributed by atoms with Crippen LogP contribution in [0.2, 0.25) is 0 Å². The number of carbonyl (C=O) groups is 1. The number of nitrogens with one attached hydrogen (secondary N) is 1. The molecular weight excluding hydrogens is 415 g/mol. The summed E-state index contributed by atoms with van der Waals surface area (Å²) >= 11 is 1.47. The average Bonchev–Trinajstić information content (AvgIpc) is 3.11. The van der Waals surface area contributed by atoms with Gasteiger partial charge in [-0.05, 0) is 41.8 Å². The highest BCUT2D eigenvalue weighted by atomic mass is 32.1. The van der Waals surface area contributed by atoms with E-state index in [1.54, 1.807) is 17.6 Å². The van der Waals surface area contributed by atoms with Crippen molar-refractivity contribution in [2.45, 2.75) is 25.7 Å². The standard InChI is InChI=1S/C21H18F3N3O2S/c22-21(23,24)14-2-1-3-15(7-14)26-20(29)18-12-30-19-11-27(5-4-17(18)19)10-13-6-16(28)9-25-8-13/h1-3,6-9,12,28H,4-5,10-11H2,(H,26,29). The van der Waals surface area contributed by atoms with Crippen LogP contribution in [0.15, 0.2) is 48.1 Å². The number of fused-ring (bicyclic) bond motifs is 1. The van der Waals surface area contributed by atoms with Crippen LogP contribution in [-0.4, -0.2) is 27.4 Å². The maximum absolute atomic E-state index is 12.9. The third-order valence-electron chi connectivity index (χ3n) is 4.91. The Hall–Kier alpha value is -2.91. The Labute approximate surface area is 174 Å². The van der Waals surface area contributed by atoms with Gasteiger partial charge >= 0.3 is 6.18 Å². The minimum Gasteiger partial charge on any atom is -0.506 e. The summed E-state index contributed by atoms with van der Waals surface area (Å²) in [6, 6.07) is 6.29. The summed E-state index contributed by atoms with van der Waals surface area (Å²) < 4.78 is 38.7. The summed E-state index contributed by atoms with van der Waals surface area (Å²) in [6.07, 6.45) is -0.711. The van der Waals surface area contributed by atoms with Crippen molar-refractivity contribution < 1.29 is 23.1 Å². The Kier molecular flexibility index (Phi) is 5.48. The van der Waals surface area contributed by atoms with E-state index >= 15 is 0 Å². The average molecular weight is 433 g/mol. The SMILES string of the molecule is O=C(Nc1cccc(C(F)(F)F)c1)c1csc2c1CCN(Cc1cncc(O)c1)C2. The van der Waals surface area contributed by atoms with Crippen LogP contribution < -0.4 is 5.32 Å². The molecule has 0 bridgehead atoms. The maximum atomic E-state index is 12.9. The predicted molar refractivity (Wildman–Crippen MR) is 107 cm³/mol. The Morgan fingerprint density at radius 3 is 2.87 bits per heavy atom. The van der Waals surface area contributed by atoms with Crippen LogP contribution >= 0.6 is 11.3 Å². The molecule has 0 atom stereocenters. The second-order valence-corrected chi connectivity index (χ2v) is 8.06. The van der Waals surface area contributed by atoms with Gasteiger partial charge in [-0.15, -0.1) is 11.3 Å². The fourth-order valence-electron chi connectivity index (χ4n) is 3.50. The molecule has 1 amide bonds. The van der Waals surface area contributed by atoms with Gasteiger partial charge in [0.2, 0.25) is 0 Å².